The second-order valence-electron chi connectivity index (χ2n) is 4.07. The highest BCUT2D eigenvalue weighted by Gasteiger charge is 2.21. The Bertz CT molecular complexity index is 269. The standard InChI is InChI=1S/C12H23NO5/c1-3-8(15)5-6-11(17)9(7-14)13-12(18)10(16)4-2/h5-6,8-11,14-17H,3-4,7H2,1-2H3,(H,13,18)/b6-5+. The molecule has 0 aromatic heterocycles. The van der Waals surface area contributed by atoms with Crippen molar-refractivity contribution in [1.29, 1.82) is 0 Å². The Labute approximate surface area is 107 Å². The maximum atomic E-state index is 11.4. The lowest BCUT2D eigenvalue weighted by atomic mass is 10.1. The van der Waals surface area contributed by atoms with Crippen molar-refractivity contribution in [3.05, 3.63) is 12.2 Å². The van der Waals surface area contributed by atoms with Crippen LogP contribution in [0.1, 0.15) is 26.7 Å². The third kappa shape index (κ3) is 6.11. The van der Waals surface area contributed by atoms with Crippen LogP contribution in [0.3, 0.4) is 0 Å². The Hall–Kier alpha value is -0.950. The van der Waals surface area contributed by atoms with Crippen LogP contribution in [-0.2, 0) is 4.79 Å². The molecule has 18 heavy (non-hydrogen) atoms. The highest BCUT2D eigenvalue weighted by atomic mass is 16.3. The molecular formula is C12H23NO5. The Balaban J connectivity index is 4.40. The fraction of sp³-hybridized carbons (Fsp3) is 0.750. The van der Waals surface area contributed by atoms with E-state index in [2.05, 4.69) is 5.32 Å². The van der Waals surface area contributed by atoms with E-state index in [0.29, 0.717) is 6.42 Å². The summed E-state index contributed by atoms with van der Waals surface area (Å²) in [5.41, 5.74) is 0. The molecule has 0 rings (SSSR count). The SMILES string of the molecule is CCC(O)/C=C/C(O)C(CO)NC(=O)C(O)CC. The molecule has 4 unspecified atom stereocenters. The average Bonchev–Trinajstić information content (AvgIpc) is 2.40. The molecule has 0 fully saturated rings. The van der Waals surface area contributed by atoms with E-state index in [1.165, 1.54) is 12.2 Å². The number of amides is 1. The molecule has 0 bridgehead atoms. The number of hydrogen-bond donors (Lipinski definition) is 5. The van der Waals surface area contributed by atoms with Gasteiger partial charge in [-0.1, -0.05) is 26.0 Å². The van der Waals surface area contributed by atoms with Crippen LogP contribution >= 0.6 is 0 Å². The van der Waals surface area contributed by atoms with Crippen molar-refractivity contribution >= 4 is 5.91 Å². The average molecular weight is 261 g/mol. The lowest BCUT2D eigenvalue weighted by Crippen LogP contribution is -2.48. The Kier molecular flexibility index (Phi) is 8.57. The summed E-state index contributed by atoms with van der Waals surface area (Å²) >= 11 is 0. The largest absolute Gasteiger partial charge is 0.394 e. The molecule has 0 radical (unpaired) electrons. The molecule has 1 amide bonds. The fourth-order valence-corrected chi connectivity index (χ4v) is 1.22. The van der Waals surface area contributed by atoms with E-state index >= 15 is 0 Å². The van der Waals surface area contributed by atoms with Crippen molar-refractivity contribution in [3.63, 3.8) is 0 Å². The van der Waals surface area contributed by atoms with E-state index in [0.717, 1.165) is 0 Å². The van der Waals surface area contributed by atoms with Gasteiger partial charge in [-0.05, 0) is 12.8 Å². The van der Waals surface area contributed by atoms with Gasteiger partial charge in [0.25, 0.3) is 0 Å². The molecule has 4 atom stereocenters. The van der Waals surface area contributed by atoms with Crippen molar-refractivity contribution in [3.8, 4) is 0 Å². The number of carbonyl (C=O) groups excluding carboxylic acids is 1. The van der Waals surface area contributed by atoms with Crippen LogP contribution in [-0.4, -0.2) is 57.3 Å². The van der Waals surface area contributed by atoms with Crippen molar-refractivity contribution < 1.29 is 25.2 Å². The lowest BCUT2D eigenvalue weighted by molar-refractivity contribution is -0.131. The summed E-state index contributed by atoms with van der Waals surface area (Å²) in [5, 5.41) is 39.7. The van der Waals surface area contributed by atoms with Crippen molar-refractivity contribution in [2.24, 2.45) is 0 Å². The molecule has 0 saturated carbocycles. The minimum atomic E-state index is -1.16. The first-order chi connectivity index (χ1) is 8.46. The van der Waals surface area contributed by atoms with Gasteiger partial charge < -0.3 is 25.7 Å². The zero-order chi connectivity index (χ0) is 14.1. The summed E-state index contributed by atoms with van der Waals surface area (Å²) in [5.74, 6) is -0.639. The van der Waals surface area contributed by atoms with Gasteiger partial charge >= 0.3 is 0 Å². The third-order valence-corrected chi connectivity index (χ3v) is 2.57. The molecule has 6 nitrogen and oxygen atoms in total. The Morgan fingerprint density at radius 3 is 2.22 bits per heavy atom. The molecule has 0 aliphatic rings. The van der Waals surface area contributed by atoms with Crippen molar-refractivity contribution in [1.82, 2.24) is 5.32 Å². The predicted molar refractivity (Wildman–Crippen MR) is 66.8 cm³/mol. The summed E-state index contributed by atoms with van der Waals surface area (Å²) < 4.78 is 0. The van der Waals surface area contributed by atoms with E-state index in [1.807, 2.05) is 0 Å². The van der Waals surface area contributed by atoms with E-state index in [-0.39, 0.29) is 6.42 Å². The number of aliphatic hydroxyl groups excluding tert-OH is 4. The molecule has 5 N–H and O–H groups in total. The molecule has 6 heteroatoms. The van der Waals surface area contributed by atoms with Gasteiger partial charge in [-0.15, -0.1) is 0 Å². The first-order valence-corrected chi connectivity index (χ1v) is 6.09. The lowest BCUT2D eigenvalue weighted by Gasteiger charge is -2.21. The van der Waals surface area contributed by atoms with Crippen LogP contribution in [0.4, 0.5) is 0 Å². The number of nitrogens with one attached hydrogen (secondary N) is 1. The smallest absolute Gasteiger partial charge is 0.249 e. The number of carbonyl (C=O) groups is 1. The van der Waals surface area contributed by atoms with Crippen LogP contribution in [0.15, 0.2) is 12.2 Å². The summed E-state index contributed by atoms with van der Waals surface area (Å²) in [6, 6.07) is -0.904. The quantitative estimate of drug-likeness (QED) is 0.357. The highest BCUT2D eigenvalue weighted by molar-refractivity contribution is 5.80. The fourth-order valence-electron chi connectivity index (χ4n) is 1.22. The summed E-state index contributed by atoms with van der Waals surface area (Å²) in [7, 11) is 0. The summed E-state index contributed by atoms with van der Waals surface area (Å²) in [4.78, 5) is 11.4. The minimum absolute atomic E-state index is 0.254. The maximum absolute atomic E-state index is 11.4. The molecule has 0 heterocycles. The van der Waals surface area contributed by atoms with Gasteiger partial charge in [0.2, 0.25) is 5.91 Å². The molecule has 0 aliphatic carbocycles. The second kappa shape index (κ2) is 9.04. The van der Waals surface area contributed by atoms with Crippen LogP contribution in [0.2, 0.25) is 0 Å². The Morgan fingerprint density at radius 1 is 1.17 bits per heavy atom. The zero-order valence-electron chi connectivity index (χ0n) is 10.8. The topological polar surface area (TPSA) is 110 Å². The van der Waals surface area contributed by atoms with Gasteiger partial charge in [0.15, 0.2) is 0 Å². The molecule has 0 saturated heterocycles. The van der Waals surface area contributed by atoms with E-state index in [1.54, 1.807) is 13.8 Å². The highest BCUT2D eigenvalue weighted by Crippen LogP contribution is 2.00. The monoisotopic (exact) mass is 261 g/mol. The van der Waals surface area contributed by atoms with Gasteiger partial charge in [0.05, 0.1) is 24.9 Å². The van der Waals surface area contributed by atoms with Gasteiger partial charge in [-0.25, -0.2) is 0 Å². The first-order valence-electron chi connectivity index (χ1n) is 6.09. The van der Waals surface area contributed by atoms with E-state index < -0.39 is 36.9 Å². The molecule has 0 aromatic rings. The zero-order valence-corrected chi connectivity index (χ0v) is 10.8. The summed E-state index contributed by atoms with van der Waals surface area (Å²) in [6.45, 7) is 2.96. The van der Waals surface area contributed by atoms with Crippen LogP contribution in [0.25, 0.3) is 0 Å². The Morgan fingerprint density at radius 2 is 1.78 bits per heavy atom. The van der Waals surface area contributed by atoms with Gasteiger partial charge in [-0.2, -0.15) is 0 Å². The van der Waals surface area contributed by atoms with E-state index in [9.17, 15) is 20.1 Å². The van der Waals surface area contributed by atoms with Crippen LogP contribution < -0.4 is 5.32 Å². The molecule has 0 aliphatic heterocycles. The summed E-state index contributed by atoms with van der Waals surface area (Å²) in [6.07, 6.45) is 0.526. The number of aliphatic hydroxyl groups is 4. The normalized spacial score (nSPS) is 18.3. The molecule has 106 valence electrons. The van der Waals surface area contributed by atoms with Crippen LogP contribution in [0, 0.1) is 0 Å². The van der Waals surface area contributed by atoms with Crippen LogP contribution in [0.5, 0.6) is 0 Å². The molecular weight excluding hydrogens is 238 g/mol. The molecule has 0 aromatic carbocycles. The first kappa shape index (κ1) is 17.1. The second-order valence-corrected chi connectivity index (χ2v) is 4.07. The number of rotatable bonds is 8. The van der Waals surface area contributed by atoms with Crippen molar-refractivity contribution in [2.75, 3.05) is 6.61 Å². The maximum Gasteiger partial charge on any atom is 0.249 e. The third-order valence-electron chi connectivity index (χ3n) is 2.57. The van der Waals surface area contributed by atoms with Gasteiger partial charge in [0, 0.05) is 0 Å². The number of hydrogen-bond acceptors (Lipinski definition) is 5. The van der Waals surface area contributed by atoms with E-state index in [4.69, 9.17) is 5.11 Å². The van der Waals surface area contributed by atoms with Gasteiger partial charge in [0.1, 0.15) is 6.10 Å². The molecule has 0 spiro atoms. The predicted octanol–water partition coefficient (Wildman–Crippen LogP) is -1.08. The van der Waals surface area contributed by atoms with Gasteiger partial charge in [-0.3, -0.25) is 4.79 Å². The van der Waals surface area contributed by atoms with Crippen molar-refractivity contribution in [2.45, 2.75) is 51.0 Å². The minimum Gasteiger partial charge on any atom is -0.394 e.